The first-order valence-corrected chi connectivity index (χ1v) is 5.22. The second kappa shape index (κ2) is 4.74. The van der Waals surface area contributed by atoms with Gasteiger partial charge in [-0.25, -0.2) is 0 Å². The van der Waals surface area contributed by atoms with Crippen LogP contribution >= 0.6 is 11.8 Å². The third kappa shape index (κ3) is 2.37. The highest BCUT2D eigenvalue weighted by atomic mass is 32.2. The molecule has 0 atom stereocenters. The molecule has 2 heteroatoms. The minimum absolute atomic E-state index is 1.12. The molecular formula is C11H11NS. The topological polar surface area (TPSA) is 23.8 Å². The zero-order valence-corrected chi connectivity index (χ0v) is 8.56. The smallest absolute Gasteiger partial charge is 0.0912 e. The van der Waals surface area contributed by atoms with Crippen LogP contribution in [0.3, 0.4) is 0 Å². The summed E-state index contributed by atoms with van der Waals surface area (Å²) in [6.45, 7) is 2.07. The lowest BCUT2D eigenvalue weighted by molar-refractivity contribution is 1.29. The normalized spacial score (nSPS) is 10.2. The molecule has 0 aliphatic heterocycles. The van der Waals surface area contributed by atoms with Crippen molar-refractivity contribution in [3.8, 4) is 6.07 Å². The molecule has 1 aromatic carbocycles. The van der Waals surface area contributed by atoms with Crippen LogP contribution in [0.4, 0.5) is 0 Å². The van der Waals surface area contributed by atoms with Gasteiger partial charge in [0.2, 0.25) is 0 Å². The lowest BCUT2D eigenvalue weighted by Gasteiger charge is -2.04. The Labute approximate surface area is 83.1 Å². The monoisotopic (exact) mass is 189 g/mol. The van der Waals surface area contributed by atoms with Crippen LogP contribution < -0.4 is 0 Å². The number of thioether (sulfide) groups is 1. The second-order valence-electron chi connectivity index (χ2n) is 2.64. The minimum atomic E-state index is 1.12. The third-order valence-corrected chi connectivity index (χ3v) is 2.77. The van der Waals surface area contributed by atoms with Gasteiger partial charge in [0.15, 0.2) is 0 Å². The van der Waals surface area contributed by atoms with E-state index in [0.717, 1.165) is 5.56 Å². The largest absolute Gasteiger partial charge is 0.193 e. The van der Waals surface area contributed by atoms with E-state index in [4.69, 9.17) is 5.26 Å². The third-order valence-electron chi connectivity index (χ3n) is 1.88. The molecule has 0 aromatic heterocycles. The Kier molecular flexibility index (Phi) is 3.60. The lowest BCUT2D eigenvalue weighted by atomic mass is 10.1. The Morgan fingerprint density at radius 1 is 1.46 bits per heavy atom. The standard InChI is InChI=1S/C11H11NS/c1-9-10(6-4-8-12)5-3-7-11(9)13-2/h3-7H,1-2H3/b6-4+. The van der Waals surface area contributed by atoms with Crippen LogP contribution in [0, 0.1) is 18.3 Å². The SMILES string of the molecule is CSc1cccc(/C=C/C#N)c1C. The van der Waals surface area contributed by atoms with Crippen molar-refractivity contribution >= 4 is 17.8 Å². The molecule has 0 saturated heterocycles. The molecule has 0 N–H and O–H groups in total. The number of hydrogen-bond acceptors (Lipinski definition) is 2. The fourth-order valence-electron chi connectivity index (χ4n) is 1.16. The van der Waals surface area contributed by atoms with Crippen LogP contribution in [-0.4, -0.2) is 6.26 Å². The van der Waals surface area contributed by atoms with E-state index in [0.29, 0.717) is 0 Å². The summed E-state index contributed by atoms with van der Waals surface area (Å²) < 4.78 is 0. The summed E-state index contributed by atoms with van der Waals surface area (Å²) in [6.07, 6.45) is 5.40. The average Bonchev–Trinajstić information content (AvgIpc) is 2.16. The molecular weight excluding hydrogens is 178 g/mol. The summed E-state index contributed by atoms with van der Waals surface area (Å²) in [5.74, 6) is 0. The summed E-state index contributed by atoms with van der Waals surface area (Å²) in [5.41, 5.74) is 2.36. The molecule has 0 saturated carbocycles. The van der Waals surface area contributed by atoms with E-state index in [-0.39, 0.29) is 0 Å². The molecule has 0 aliphatic rings. The highest BCUT2D eigenvalue weighted by Crippen LogP contribution is 2.23. The van der Waals surface area contributed by atoms with E-state index in [9.17, 15) is 0 Å². The van der Waals surface area contributed by atoms with Crippen molar-refractivity contribution in [1.29, 1.82) is 5.26 Å². The summed E-state index contributed by atoms with van der Waals surface area (Å²) >= 11 is 1.73. The van der Waals surface area contributed by atoms with E-state index in [1.807, 2.05) is 24.3 Å². The van der Waals surface area contributed by atoms with Crippen LogP contribution in [0.1, 0.15) is 11.1 Å². The van der Waals surface area contributed by atoms with Gasteiger partial charge in [-0.1, -0.05) is 12.1 Å². The molecule has 0 spiro atoms. The molecule has 0 heterocycles. The van der Waals surface area contributed by atoms with Gasteiger partial charge in [0.05, 0.1) is 6.07 Å². The maximum absolute atomic E-state index is 8.40. The highest BCUT2D eigenvalue weighted by Gasteiger charge is 1.98. The predicted octanol–water partition coefficient (Wildman–Crippen LogP) is 3.25. The first kappa shape index (κ1) is 9.88. The molecule has 0 amide bonds. The molecule has 0 bridgehead atoms. The van der Waals surface area contributed by atoms with Gasteiger partial charge in [0.1, 0.15) is 0 Å². The fraction of sp³-hybridized carbons (Fsp3) is 0.182. The van der Waals surface area contributed by atoms with Gasteiger partial charge in [-0.05, 0) is 36.4 Å². The van der Waals surface area contributed by atoms with Gasteiger partial charge in [-0.3, -0.25) is 0 Å². The molecule has 1 rings (SSSR count). The molecule has 0 radical (unpaired) electrons. The van der Waals surface area contributed by atoms with Crippen molar-refractivity contribution in [2.75, 3.05) is 6.26 Å². The molecule has 13 heavy (non-hydrogen) atoms. The Balaban J connectivity index is 3.10. The van der Waals surface area contributed by atoms with Crippen molar-refractivity contribution in [2.24, 2.45) is 0 Å². The Bertz CT molecular complexity index is 361. The quantitative estimate of drug-likeness (QED) is 0.526. The van der Waals surface area contributed by atoms with Crippen LogP contribution in [0.5, 0.6) is 0 Å². The first-order chi connectivity index (χ1) is 6.29. The number of nitrogens with zero attached hydrogens (tertiary/aromatic N) is 1. The van der Waals surface area contributed by atoms with E-state index < -0.39 is 0 Å². The van der Waals surface area contributed by atoms with Crippen molar-refractivity contribution < 1.29 is 0 Å². The summed E-state index contributed by atoms with van der Waals surface area (Å²) in [6, 6.07) is 8.11. The van der Waals surface area contributed by atoms with Gasteiger partial charge in [0.25, 0.3) is 0 Å². The maximum Gasteiger partial charge on any atom is 0.0912 e. The molecule has 1 nitrogen and oxygen atoms in total. The van der Waals surface area contributed by atoms with Crippen molar-refractivity contribution in [2.45, 2.75) is 11.8 Å². The first-order valence-electron chi connectivity index (χ1n) is 3.99. The second-order valence-corrected chi connectivity index (χ2v) is 3.49. The summed E-state index contributed by atoms with van der Waals surface area (Å²) in [7, 11) is 0. The number of rotatable bonds is 2. The van der Waals surface area contributed by atoms with Crippen LogP contribution in [0.25, 0.3) is 6.08 Å². The number of allylic oxidation sites excluding steroid dienone is 1. The molecule has 0 aliphatic carbocycles. The maximum atomic E-state index is 8.40. The van der Waals surface area contributed by atoms with Gasteiger partial charge >= 0.3 is 0 Å². The van der Waals surface area contributed by atoms with Crippen molar-refractivity contribution in [3.05, 3.63) is 35.4 Å². The highest BCUT2D eigenvalue weighted by molar-refractivity contribution is 7.98. The minimum Gasteiger partial charge on any atom is -0.193 e. The van der Waals surface area contributed by atoms with E-state index >= 15 is 0 Å². The van der Waals surface area contributed by atoms with Gasteiger partial charge in [-0.2, -0.15) is 5.26 Å². The molecule has 0 fully saturated rings. The van der Waals surface area contributed by atoms with Crippen molar-refractivity contribution in [3.63, 3.8) is 0 Å². The fourth-order valence-corrected chi connectivity index (χ4v) is 1.80. The molecule has 1 aromatic rings. The van der Waals surface area contributed by atoms with E-state index in [1.165, 1.54) is 16.5 Å². The van der Waals surface area contributed by atoms with Crippen LogP contribution in [0.15, 0.2) is 29.2 Å². The Hall–Kier alpha value is -1.20. The Morgan fingerprint density at radius 3 is 2.85 bits per heavy atom. The number of hydrogen-bond donors (Lipinski definition) is 0. The molecule has 0 unspecified atom stereocenters. The summed E-state index contributed by atoms with van der Waals surface area (Å²) in [4.78, 5) is 1.26. The zero-order valence-electron chi connectivity index (χ0n) is 7.74. The average molecular weight is 189 g/mol. The van der Waals surface area contributed by atoms with Gasteiger partial charge in [0, 0.05) is 11.0 Å². The van der Waals surface area contributed by atoms with Gasteiger partial charge < -0.3 is 0 Å². The van der Waals surface area contributed by atoms with Crippen molar-refractivity contribution in [1.82, 2.24) is 0 Å². The van der Waals surface area contributed by atoms with Crippen LogP contribution in [-0.2, 0) is 0 Å². The Morgan fingerprint density at radius 2 is 2.23 bits per heavy atom. The van der Waals surface area contributed by atoms with E-state index in [2.05, 4.69) is 19.2 Å². The van der Waals surface area contributed by atoms with Gasteiger partial charge in [-0.15, -0.1) is 11.8 Å². The summed E-state index contributed by atoms with van der Waals surface area (Å²) in [5, 5.41) is 8.40. The predicted molar refractivity (Wildman–Crippen MR) is 57.6 cm³/mol. The van der Waals surface area contributed by atoms with Crippen LogP contribution in [0.2, 0.25) is 0 Å². The zero-order chi connectivity index (χ0) is 9.68. The van der Waals surface area contributed by atoms with E-state index in [1.54, 1.807) is 11.8 Å². The number of nitriles is 1. The molecule has 66 valence electrons. The number of benzene rings is 1. The lowest BCUT2D eigenvalue weighted by Crippen LogP contribution is -1.83.